The van der Waals surface area contributed by atoms with Crippen LogP contribution >= 0.6 is 11.3 Å². The molecular weight excluding hydrogens is 488 g/mol. The Balaban J connectivity index is 1.82. The summed E-state index contributed by atoms with van der Waals surface area (Å²) in [5.41, 5.74) is -0.201. The summed E-state index contributed by atoms with van der Waals surface area (Å²) in [5, 5.41) is 4.88. The smallest absolute Gasteiger partial charge is 0.408 e. The van der Waals surface area contributed by atoms with Crippen LogP contribution in [0.15, 0.2) is 26.7 Å². The second-order valence-corrected chi connectivity index (χ2v) is 10.8. The Hall–Kier alpha value is -3.25. The number of rotatable bonds is 8. The molecule has 0 aliphatic heterocycles. The van der Waals surface area contributed by atoms with Crippen molar-refractivity contribution in [3.05, 3.63) is 29.5 Å². The van der Waals surface area contributed by atoms with Crippen LogP contribution in [0.1, 0.15) is 77.8 Å². The lowest BCUT2D eigenvalue weighted by Gasteiger charge is -2.30. The molecule has 3 aromatic rings. The molecule has 196 valence electrons. The zero-order valence-corrected chi connectivity index (χ0v) is 22.5. The molecule has 1 N–H and O–H groups in total. The maximum absolute atomic E-state index is 12.5. The molecule has 3 rings (SSSR count). The molecule has 12 heteroatoms. The third kappa shape index (κ3) is 7.37. The van der Waals surface area contributed by atoms with Gasteiger partial charge in [-0.05, 0) is 55.4 Å². The van der Waals surface area contributed by atoms with Crippen LogP contribution in [0, 0.1) is 0 Å². The molecule has 0 bridgehead atoms. The Bertz CT molecular complexity index is 1190. The van der Waals surface area contributed by atoms with Gasteiger partial charge in [0.05, 0.1) is 18.3 Å². The van der Waals surface area contributed by atoms with E-state index in [9.17, 15) is 9.59 Å². The van der Waals surface area contributed by atoms with Gasteiger partial charge in [0.2, 0.25) is 11.8 Å². The first-order valence-corrected chi connectivity index (χ1v) is 12.4. The average Bonchev–Trinajstić information content (AvgIpc) is 3.49. The predicted molar refractivity (Wildman–Crippen MR) is 131 cm³/mol. The molecule has 1 amide bonds. The summed E-state index contributed by atoms with van der Waals surface area (Å²) in [7, 11) is 0. The van der Waals surface area contributed by atoms with Crippen molar-refractivity contribution in [3.8, 4) is 22.3 Å². The minimum absolute atomic E-state index is 0.188. The highest BCUT2D eigenvalue weighted by Gasteiger charge is 2.32. The van der Waals surface area contributed by atoms with Crippen molar-refractivity contribution >= 4 is 23.4 Å². The number of ether oxygens (including phenoxy) is 3. The van der Waals surface area contributed by atoms with Gasteiger partial charge in [-0.2, -0.15) is 0 Å². The SMILES string of the molecule is CCOC(=O)c1csc(-c2coc(-c3coc([C@@H](NC(=O)OC(C)(C)C)[C@@H](C)OC(C)(C)C)n3)n2)n1. The van der Waals surface area contributed by atoms with Crippen LogP contribution in [-0.4, -0.2) is 50.9 Å². The predicted octanol–water partition coefficient (Wildman–Crippen LogP) is 5.40. The maximum Gasteiger partial charge on any atom is 0.408 e. The Morgan fingerprint density at radius 1 is 1.03 bits per heavy atom. The summed E-state index contributed by atoms with van der Waals surface area (Å²) >= 11 is 1.24. The molecule has 2 atom stereocenters. The Kier molecular flexibility index (Phi) is 8.19. The topological polar surface area (TPSA) is 139 Å². The van der Waals surface area contributed by atoms with Crippen molar-refractivity contribution in [3.63, 3.8) is 0 Å². The van der Waals surface area contributed by atoms with Gasteiger partial charge in [-0.15, -0.1) is 11.3 Å². The molecular formula is C24H32N4O7S. The molecule has 11 nitrogen and oxygen atoms in total. The van der Waals surface area contributed by atoms with E-state index in [1.807, 2.05) is 27.7 Å². The second-order valence-electron chi connectivity index (χ2n) is 9.93. The van der Waals surface area contributed by atoms with E-state index in [0.717, 1.165) is 0 Å². The maximum atomic E-state index is 12.5. The summed E-state index contributed by atoms with van der Waals surface area (Å²) in [5.74, 6) is -0.112. The molecule has 0 aliphatic rings. The number of hydrogen-bond donors (Lipinski definition) is 1. The van der Waals surface area contributed by atoms with Gasteiger partial charge in [0, 0.05) is 5.38 Å². The van der Waals surface area contributed by atoms with Crippen molar-refractivity contribution in [2.45, 2.75) is 78.7 Å². The third-order valence-electron chi connectivity index (χ3n) is 4.40. The number of nitrogens with one attached hydrogen (secondary N) is 1. The second kappa shape index (κ2) is 10.8. The van der Waals surface area contributed by atoms with Crippen molar-refractivity contribution in [1.29, 1.82) is 0 Å². The number of thiazole rings is 1. The molecule has 3 aromatic heterocycles. The first kappa shape index (κ1) is 27.3. The van der Waals surface area contributed by atoms with E-state index < -0.39 is 35.4 Å². The molecule has 0 fully saturated rings. The molecule has 0 spiro atoms. The molecule has 0 aromatic carbocycles. The molecule has 0 radical (unpaired) electrons. The number of oxazole rings is 2. The fourth-order valence-corrected chi connectivity index (χ4v) is 3.89. The number of carbonyl (C=O) groups is 2. The van der Waals surface area contributed by atoms with E-state index in [4.69, 9.17) is 23.0 Å². The van der Waals surface area contributed by atoms with Crippen molar-refractivity contribution < 1.29 is 32.6 Å². The average molecular weight is 521 g/mol. The summed E-state index contributed by atoms with van der Waals surface area (Å²) in [6.45, 7) is 14.9. The summed E-state index contributed by atoms with van der Waals surface area (Å²) in [6, 6.07) is -0.742. The number of aromatic nitrogens is 3. The highest BCUT2D eigenvalue weighted by Crippen LogP contribution is 2.29. The van der Waals surface area contributed by atoms with Gasteiger partial charge < -0.3 is 28.4 Å². The van der Waals surface area contributed by atoms with Gasteiger partial charge in [-0.1, -0.05) is 0 Å². The lowest BCUT2D eigenvalue weighted by molar-refractivity contribution is -0.0710. The van der Waals surface area contributed by atoms with E-state index in [0.29, 0.717) is 16.4 Å². The summed E-state index contributed by atoms with van der Waals surface area (Å²) in [4.78, 5) is 37.6. The fourth-order valence-electron chi connectivity index (χ4n) is 3.15. The molecule has 36 heavy (non-hydrogen) atoms. The number of amides is 1. The minimum Gasteiger partial charge on any atom is -0.461 e. The zero-order chi connectivity index (χ0) is 26.7. The van der Waals surface area contributed by atoms with Crippen molar-refractivity contribution in [1.82, 2.24) is 20.3 Å². The van der Waals surface area contributed by atoms with Crippen LogP contribution in [0.25, 0.3) is 22.3 Å². The van der Waals surface area contributed by atoms with E-state index in [1.165, 1.54) is 23.9 Å². The lowest BCUT2D eigenvalue weighted by atomic mass is 10.1. The molecule has 0 saturated carbocycles. The number of esters is 1. The van der Waals surface area contributed by atoms with Crippen LogP contribution in [0.3, 0.4) is 0 Å². The van der Waals surface area contributed by atoms with Crippen LogP contribution in [0.4, 0.5) is 4.79 Å². The van der Waals surface area contributed by atoms with E-state index in [2.05, 4.69) is 20.3 Å². The molecule has 0 aliphatic carbocycles. The van der Waals surface area contributed by atoms with Gasteiger partial charge in [-0.25, -0.2) is 24.5 Å². The molecule has 3 heterocycles. The van der Waals surface area contributed by atoms with Crippen LogP contribution in [-0.2, 0) is 14.2 Å². The Morgan fingerprint density at radius 2 is 1.72 bits per heavy atom. The van der Waals surface area contributed by atoms with Crippen LogP contribution < -0.4 is 5.32 Å². The monoisotopic (exact) mass is 520 g/mol. The highest BCUT2D eigenvalue weighted by atomic mass is 32.1. The van der Waals surface area contributed by atoms with Crippen molar-refractivity contribution in [2.75, 3.05) is 6.61 Å². The Morgan fingerprint density at radius 3 is 2.36 bits per heavy atom. The van der Waals surface area contributed by atoms with Gasteiger partial charge in [0.25, 0.3) is 0 Å². The lowest BCUT2D eigenvalue weighted by Crippen LogP contribution is -2.42. The molecule has 0 unspecified atom stereocenters. The quantitative estimate of drug-likeness (QED) is 0.384. The summed E-state index contributed by atoms with van der Waals surface area (Å²) < 4.78 is 27.7. The molecule has 0 saturated heterocycles. The van der Waals surface area contributed by atoms with E-state index >= 15 is 0 Å². The third-order valence-corrected chi connectivity index (χ3v) is 5.27. The highest BCUT2D eigenvalue weighted by molar-refractivity contribution is 7.13. The van der Waals surface area contributed by atoms with Gasteiger partial charge in [0.15, 0.2) is 11.4 Å². The zero-order valence-electron chi connectivity index (χ0n) is 21.7. The first-order chi connectivity index (χ1) is 16.8. The number of hydrogen-bond acceptors (Lipinski definition) is 11. The first-order valence-electron chi connectivity index (χ1n) is 11.5. The minimum atomic E-state index is -0.742. The van der Waals surface area contributed by atoms with Crippen LogP contribution in [0.2, 0.25) is 0 Å². The van der Waals surface area contributed by atoms with E-state index in [1.54, 1.807) is 33.1 Å². The standard InChI is InChI=1S/C24H32N4O7S/c1-9-31-21(29)16-12-36-20(27-16)15-11-32-18(26-15)14-10-33-19(25-14)17(13(2)34-23(3,4)5)28-22(30)35-24(6,7)8/h10-13,17H,9H2,1-8H3,(H,28,30)/t13-,17+/m1/s1. The van der Waals surface area contributed by atoms with Gasteiger partial charge in [0.1, 0.15) is 34.9 Å². The van der Waals surface area contributed by atoms with Crippen molar-refractivity contribution in [2.24, 2.45) is 0 Å². The van der Waals surface area contributed by atoms with Gasteiger partial charge >= 0.3 is 12.1 Å². The number of carbonyl (C=O) groups excluding carboxylic acids is 2. The number of alkyl carbamates (subject to hydrolysis) is 1. The summed E-state index contributed by atoms with van der Waals surface area (Å²) in [6.07, 6.45) is 1.67. The van der Waals surface area contributed by atoms with Crippen LogP contribution in [0.5, 0.6) is 0 Å². The normalized spacial score (nSPS) is 13.8. The largest absolute Gasteiger partial charge is 0.461 e. The van der Waals surface area contributed by atoms with Gasteiger partial charge in [-0.3, -0.25) is 0 Å². The fraction of sp³-hybridized carbons (Fsp3) is 0.542. The van der Waals surface area contributed by atoms with E-state index in [-0.39, 0.29) is 24.1 Å². The Labute approximate surface area is 213 Å². The number of nitrogens with zero attached hydrogens (tertiary/aromatic N) is 3.